The highest BCUT2D eigenvalue weighted by molar-refractivity contribution is 6.30. The smallest absolute Gasteiger partial charge is 0.231 e. The standard InChI is InChI=1S/C19H19ClN2O/c20-16-5-6-17-15(9-16)10-21-11-18(17)19(23)22-8-7-13-3-1-2-4-14(13)12-22/h1-6,9,18,21H,7-8,10-12H2. The average molecular weight is 327 g/mol. The first kappa shape index (κ1) is 14.7. The Labute approximate surface area is 141 Å². The minimum Gasteiger partial charge on any atom is -0.337 e. The van der Waals surface area contributed by atoms with Crippen LogP contribution in [0.4, 0.5) is 0 Å². The van der Waals surface area contributed by atoms with Crippen molar-refractivity contribution in [1.29, 1.82) is 0 Å². The maximum absolute atomic E-state index is 13.1. The molecule has 23 heavy (non-hydrogen) atoms. The molecule has 0 bridgehead atoms. The van der Waals surface area contributed by atoms with E-state index in [1.807, 2.05) is 29.2 Å². The fourth-order valence-electron chi connectivity index (χ4n) is 3.65. The fourth-order valence-corrected chi connectivity index (χ4v) is 3.85. The van der Waals surface area contributed by atoms with Gasteiger partial charge in [-0.1, -0.05) is 41.9 Å². The number of carbonyl (C=O) groups excluding carboxylic acids is 1. The van der Waals surface area contributed by atoms with Gasteiger partial charge >= 0.3 is 0 Å². The zero-order valence-corrected chi connectivity index (χ0v) is 13.6. The number of hydrogen-bond donors (Lipinski definition) is 1. The predicted molar refractivity (Wildman–Crippen MR) is 91.5 cm³/mol. The number of amides is 1. The molecule has 4 heteroatoms. The van der Waals surface area contributed by atoms with Crippen LogP contribution in [0.5, 0.6) is 0 Å². The summed E-state index contributed by atoms with van der Waals surface area (Å²) in [6.45, 7) is 3.00. The molecule has 0 radical (unpaired) electrons. The van der Waals surface area contributed by atoms with Crippen LogP contribution in [0.1, 0.15) is 28.2 Å². The number of nitrogens with one attached hydrogen (secondary N) is 1. The van der Waals surface area contributed by atoms with Crippen LogP contribution in [0.25, 0.3) is 0 Å². The molecule has 0 aliphatic carbocycles. The van der Waals surface area contributed by atoms with Crippen LogP contribution in [0.15, 0.2) is 42.5 Å². The van der Waals surface area contributed by atoms with Crippen LogP contribution in [0, 0.1) is 0 Å². The Morgan fingerprint density at radius 3 is 2.83 bits per heavy atom. The molecule has 118 valence electrons. The minimum atomic E-state index is -0.110. The highest BCUT2D eigenvalue weighted by atomic mass is 35.5. The lowest BCUT2D eigenvalue weighted by Gasteiger charge is -2.34. The van der Waals surface area contributed by atoms with E-state index in [1.165, 1.54) is 11.1 Å². The second kappa shape index (κ2) is 5.99. The third-order valence-corrected chi connectivity index (χ3v) is 5.12. The van der Waals surface area contributed by atoms with E-state index in [4.69, 9.17) is 11.6 Å². The molecule has 1 amide bonds. The van der Waals surface area contributed by atoms with Crippen LogP contribution in [0.2, 0.25) is 5.02 Å². The lowest BCUT2D eigenvalue weighted by molar-refractivity contribution is -0.133. The SMILES string of the molecule is O=C(C1CNCc2cc(Cl)ccc21)N1CCc2ccccc2C1. The molecule has 0 fully saturated rings. The van der Waals surface area contributed by atoms with Gasteiger partial charge in [0.1, 0.15) is 0 Å². The van der Waals surface area contributed by atoms with E-state index < -0.39 is 0 Å². The van der Waals surface area contributed by atoms with Crippen molar-refractivity contribution in [2.24, 2.45) is 0 Å². The molecule has 3 nitrogen and oxygen atoms in total. The lowest BCUT2D eigenvalue weighted by Crippen LogP contribution is -2.43. The Kier molecular flexibility index (Phi) is 3.83. The molecule has 0 spiro atoms. The van der Waals surface area contributed by atoms with Gasteiger partial charge in [-0.3, -0.25) is 4.79 Å². The van der Waals surface area contributed by atoms with E-state index in [9.17, 15) is 4.79 Å². The molecule has 2 heterocycles. The first-order valence-electron chi connectivity index (χ1n) is 8.07. The summed E-state index contributed by atoms with van der Waals surface area (Å²) >= 11 is 6.09. The lowest BCUT2D eigenvalue weighted by atomic mass is 9.89. The Morgan fingerprint density at radius 2 is 1.96 bits per heavy atom. The molecule has 0 aromatic heterocycles. The third kappa shape index (κ3) is 2.75. The monoisotopic (exact) mass is 326 g/mol. The molecule has 2 aliphatic heterocycles. The molecule has 1 N–H and O–H groups in total. The largest absolute Gasteiger partial charge is 0.337 e. The van der Waals surface area contributed by atoms with E-state index in [1.54, 1.807) is 0 Å². The molecule has 1 atom stereocenters. The second-order valence-electron chi connectivity index (χ2n) is 6.31. The summed E-state index contributed by atoms with van der Waals surface area (Å²) in [5.41, 5.74) is 4.90. The number of benzene rings is 2. The van der Waals surface area contributed by atoms with Gasteiger partial charge in [-0.15, -0.1) is 0 Å². The van der Waals surface area contributed by atoms with Gasteiger partial charge in [0.2, 0.25) is 5.91 Å². The zero-order valence-electron chi connectivity index (χ0n) is 12.9. The highest BCUT2D eigenvalue weighted by Gasteiger charge is 2.31. The summed E-state index contributed by atoms with van der Waals surface area (Å²) in [6.07, 6.45) is 0.940. The number of halogens is 1. The second-order valence-corrected chi connectivity index (χ2v) is 6.74. The van der Waals surface area contributed by atoms with Gasteiger partial charge in [0.25, 0.3) is 0 Å². The summed E-state index contributed by atoms with van der Waals surface area (Å²) in [6, 6.07) is 14.3. The van der Waals surface area contributed by atoms with Crippen LogP contribution in [-0.2, 0) is 24.3 Å². The van der Waals surface area contributed by atoms with Crippen molar-refractivity contribution in [3.8, 4) is 0 Å². The van der Waals surface area contributed by atoms with Gasteiger partial charge in [-0.2, -0.15) is 0 Å². The van der Waals surface area contributed by atoms with Crippen molar-refractivity contribution < 1.29 is 4.79 Å². The quantitative estimate of drug-likeness (QED) is 0.873. The Morgan fingerprint density at radius 1 is 1.13 bits per heavy atom. The Balaban J connectivity index is 1.59. The Bertz CT molecular complexity index is 759. The van der Waals surface area contributed by atoms with Gasteiger partial charge in [-0.25, -0.2) is 0 Å². The maximum atomic E-state index is 13.1. The number of nitrogens with zero attached hydrogens (tertiary/aromatic N) is 1. The topological polar surface area (TPSA) is 32.3 Å². The normalized spacial score (nSPS) is 19.9. The zero-order chi connectivity index (χ0) is 15.8. The van der Waals surface area contributed by atoms with Crippen LogP contribution in [-0.4, -0.2) is 23.9 Å². The molecule has 0 saturated carbocycles. The number of fused-ring (bicyclic) bond motifs is 2. The maximum Gasteiger partial charge on any atom is 0.231 e. The van der Waals surface area contributed by atoms with Crippen molar-refractivity contribution in [1.82, 2.24) is 10.2 Å². The Hall–Kier alpha value is -1.84. The molecule has 1 unspecified atom stereocenters. The van der Waals surface area contributed by atoms with E-state index in [2.05, 4.69) is 23.5 Å². The molecule has 0 saturated heterocycles. The van der Waals surface area contributed by atoms with E-state index >= 15 is 0 Å². The van der Waals surface area contributed by atoms with E-state index in [0.29, 0.717) is 13.1 Å². The van der Waals surface area contributed by atoms with Crippen molar-refractivity contribution in [3.63, 3.8) is 0 Å². The summed E-state index contributed by atoms with van der Waals surface area (Å²) in [4.78, 5) is 15.1. The molecule has 2 aromatic carbocycles. The molecule has 2 aliphatic rings. The number of carbonyl (C=O) groups is 1. The number of rotatable bonds is 1. The van der Waals surface area contributed by atoms with E-state index in [-0.39, 0.29) is 11.8 Å². The van der Waals surface area contributed by atoms with Crippen LogP contribution < -0.4 is 5.32 Å². The van der Waals surface area contributed by atoms with Crippen LogP contribution in [0.3, 0.4) is 0 Å². The number of hydrogen-bond acceptors (Lipinski definition) is 2. The summed E-state index contributed by atoms with van der Waals surface area (Å²) in [5.74, 6) is 0.108. The summed E-state index contributed by atoms with van der Waals surface area (Å²) in [7, 11) is 0. The third-order valence-electron chi connectivity index (χ3n) is 4.88. The fraction of sp³-hybridized carbons (Fsp3) is 0.316. The van der Waals surface area contributed by atoms with Crippen molar-refractivity contribution in [2.45, 2.75) is 25.4 Å². The van der Waals surface area contributed by atoms with Gasteiger partial charge in [-0.05, 0) is 40.8 Å². The van der Waals surface area contributed by atoms with Gasteiger partial charge in [0.15, 0.2) is 0 Å². The highest BCUT2D eigenvalue weighted by Crippen LogP contribution is 2.30. The summed E-state index contributed by atoms with van der Waals surface area (Å²) < 4.78 is 0. The van der Waals surface area contributed by atoms with Crippen molar-refractivity contribution in [2.75, 3.05) is 13.1 Å². The predicted octanol–water partition coefficient (Wildman–Crippen LogP) is 3.11. The van der Waals surface area contributed by atoms with E-state index in [0.717, 1.165) is 35.7 Å². The first-order valence-corrected chi connectivity index (χ1v) is 8.45. The molecular formula is C19H19ClN2O. The van der Waals surface area contributed by atoms with Gasteiger partial charge in [0.05, 0.1) is 5.92 Å². The van der Waals surface area contributed by atoms with Gasteiger partial charge in [0, 0.05) is 31.2 Å². The van der Waals surface area contributed by atoms with Crippen LogP contribution >= 0.6 is 11.6 Å². The van der Waals surface area contributed by atoms with Crippen molar-refractivity contribution in [3.05, 3.63) is 69.7 Å². The summed E-state index contributed by atoms with van der Waals surface area (Å²) in [5, 5.41) is 4.08. The first-order chi connectivity index (χ1) is 11.2. The molecular weight excluding hydrogens is 308 g/mol. The average Bonchev–Trinajstić information content (AvgIpc) is 2.60. The van der Waals surface area contributed by atoms with Crippen molar-refractivity contribution >= 4 is 17.5 Å². The molecule has 4 rings (SSSR count). The van der Waals surface area contributed by atoms with Gasteiger partial charge < -0.3 is 10.2 Å². The molecule has 2 aromatic rings. The minimum absolute atomic E-state index is 0.110.